The van der Waals surface area contributed by atoms with Gasteiger partial charge in [0.25, 0.3) is 0 Å². The minimum atomic E-state index is -0.00179. The minimum absolute atomic E-state index is 0. The Balaban J connectivity index is 0.00000208. The predicted molar refractivity (Wildman–Crippen MR) is 101 cm³/mol. The molecule has 1 fully saturated rings. The zero-order valence-corrected chi connectivity index (χ0v) is 15.6. The fourth-order valence-corrected chi connectivity index (χ4v) is 3.61. The zero-order valence-electron chi connectivity index (χ0n) is 13.2. The van der Waals surface area contributed by atoms with Gasteiger partial charge in [-0.25, -0.2) is 4.98 Å². The van der Waals surface area contributed by atoms with Gasteiger partial charge in [0, 0.05) is 23.4 Å². The van der Waals surface area contributed by atoms with Crippen molar-refractivity contribution in [3.63, 3.8) is 0 Å². The number of carbonyl (C=O) groups is 1. The van der Waals surface area contributed by atoms with Crippen molar-refractivity contribution in [3.05, 3.63) is 28.6 Å². The topological polar surface area (TPSA) is 63.2 Å². The molecule has 0 radical (unpaired) electrons. The molecule has 0 saturated carbocycles. The molecule has 3 rings (SSSR count). The van der Waals surface area contributed by atoms with E-state index in [0.29, 0.717) is 22.3 Å². The van der Waals surface area contributed by atoms with Gasteiger partial charge >= 0.3 is 0 Å². The summed E-state index contributed by atoms with van der Waals surface area (Å²) in [6, 6.07) is 5.80. The Bertz CT molecular complexity index is 702. The standard InChI is InChI=1S/C16H18ClN3O2S.ClH/c1-22-14-5-4-10(7-12(14)17)13-9-23-16(19-13)20-15(21)8-11-3-2-6-18-11;/h4-5,7,9,11,18H,2-3,6,8H2,1H3,(H,19,20,21);1H. The van der Waals surface area contributed by atoms with Crippen LogP contribution in [0.4, 0.5) is 5.13 Å². The Morgan fingerprint density at radius 3 is 3.04 bits per heavy atom. The number of hydrogen-bond donors (Lipinski definition) is 2. The third kappa shape index (κ3) is 4.60. The maximum absolute atomic E-state index is 12.0. The molecule has 2 N–H and O–H groups in total. The Morgan fingerprint density at radius 1 is 1.54 bits per heavy atom. The summed E-state index contributed by atoms with van der Waals surface area (Å²) in [5.41, 5.74) is 1.68. The number of rotatable bonds is 5. The van der Waals surface area contributed by atoms with E-state index in [4.69, 9.17) is 16.3 Å². The van der Waals surface area contributed by atoms with Crippen molar-refractivity contribution in [2.45, 2.75) is 25.3 Å². The second kappa shape index (κ2) is 8.67. The van der Waals surface area contributed by atoms with E-state index < -0.39 is 0 Å². The first-order valence-electron chi connectivity index (χ1n) is 7.48. The summed E-state index contributed by atoms with van der Waals surface area (Å²) in [7, 11) is 1.58. The second-order valence-corrected chi connectivity index (χ2v) is 6.70. The number of halogens is 2. The molecular weight excluding hydrogens is 369 g/mol. The summed E-state index contributed by atoms with van der Waals surface area (Å²) < 4.78 is 5.14. The van der Waals surface area contributed by atoms with E-state index in [1.165, 1.54) is 11.3 Å². The summed E-state index contributed by atoms with van der Waals surface area (Å²) in [5, 5.41) is 9.23. The number of aromatic nitrogens is 1. The Labute approximate surface area is 156 Å². The second-order valence-electron chi connectivity index (χ2n) is 5.43. The zero-order chi connectivity index (χ0) is 16.2. The number of carbonyl (C=O) groups excluding carboxylic acids is 1. The number of anilines is 1. The van der Waals surface area contributed by atoms with Gasteiger partial charge in [-0.3, -0.25) is 4.79 Å². The Hall–Kier alpha value is -1.34. The van der Waals surface area contributed by atoms with E-state index >= 15 is 0 Å². The molecule has 130 valence electrons. The molecule has 1 saturated heterocycles. The van der Waals surface area contributed by atoms with Crippen LogP contribution in [-0.2, 0) is 4.79 Å². The van der Waals surface area contributed by atoms with Crippen LogP contribution in [0.3, 0.4) is 0 Å². The lowest BCUT2D eigenvalue weighted by molar-refractivity contribution is -0.116. The van der Waals surface area contributed by atoms with Crippen LogP contribution in [-0.4, -0.2) is 30.6 Å². The van der Waals surface area contributed by atoms with E-state index in [1.807, 2.05) is 17.5 Å². The van der Waals surface area contributed by atoms with E-state index in [0.717, 1.165) is 30.6 Å². The lowest BCUT2D eigenvalue weighted by Crippen LogP contribution is -2.27. The number of benzene rings is 1. The van der Waals surface area contributed by atoms with Crippen LogP contribution in [0.2, 0.25) is 5.02 Å². The maximum atomic E-state index is 12.0. The third-order valence-corrected chi connectivity index (χ3v) is 4.85. The highest BCUT2D eigenvalue weighted by Gasteiger charge is 2.18. The van der Waals surface area contributed by atoms with Gasteiger partial charge in [0.2, 0.25) is 5.91 Å². The van der Waals surface area contributed by atoms with Gasteiger partial charge in [-0.2, -0.15) is 0 Å². The van der Waals surface area contributed by atoms with Gasteiger partial charge in [0.05, 0.1) is 17.8 Å². The molecular formula is C16H19Cl2N3O2S. The summed E-state index contributed by atoms with van der Waals surface area (Å²) in [4.78, 5) is 16.5. The monoisotopic (exact) mass is 387 g/mol. The highest BCUT2D eigenvalue weighted by Crippen LogP contribution is 2.31. The molecule has 0 aliphatic carbocycles. The molecule has 24 heavy (non-hydrogen) atoms. The van der Waals surface area contributed by atoms with Crippen molar-refractivity contribution >= 4 is 46.4 Å². The van der Waals surface area contributed by atoms with Crippen molar-refractivity contribution in [2.75, 3.05) is 19.0 Å². The number of amides is 1. The Kier molecular flexibility index (Phi) is 6.86. The highest BCUT2D eigenvalue weighted by molar-refractivity contribution is 7.14. The quantitative estimate of drug-likeness (QED) is 0.814. The largest absolute Gasteiger partial charge is 0.495 e. The van der Waals surface area contributed by atoms with Crippen LogP contribution in [0.15, 0.2) is 23.6 Å². The van der Waals surface area contributed by atoms with Gasteiger partial charge in [0.15, 0.2) is 5.13 Å². The molecule has 1 aromatic carbocycles. The molecule has 1 atom stereocenters. The first-order chi connectivity index (χ1) is 11.2. The van der Waals surface area contributed by atoms with Crippen molar-refractivity contribution < 1.29 is 9.53 Å². The lowest BCUT2D eigenvalue weighted by atomic mass is 10.1. The van der Waals surface area contributed by atoms with E-state index in [9.17, 15) is 4.79 Å². The van der Waals surface area contributed by atoms with Gasteiger partial charge in [0.1, 0.15) is 5.75 Å². The molecule has 1 aliphatic rings. The predicted octanol–water partition coefficient (Wildman–Crippen LogP) is 3.97. The average Bonchev–Trinajstić information content (AvgIpc) is 3.19. The number of methoxy groups -OCH3 is 1. The minimum Gasteiger partial charge on any atom is -0.495 e. The van der Waals surface area contributed by atoms with Crippen molar-refractivity contribution in [2.24, 2.45) is 0 Å². The molecule has 8 heteroatoms. The molecule has 1 aliphatic heterocycles. The summed E-state index contributed by atoms with van der Waals surface area (Å²) >= 11 is 7.55. The van der Waals surface area contributed by atoms with Crippen LogP contribution in [0.25, 0.3) is 11.3 Å². The molecule has 2 heterocycles. The number of nitrogens with one attached hydrogen (secondary N) is 2. The van der Waals surface area contributed by atoms with E-state index in [2.05, 4.69) is 15.6 Å². The first-order valence-corrected chi connectivity index (χ1v) is 8.74. The van der Waals surface area contributed by atoms with Crippen LogP contribution < -0.4 is 15.4 Å². The number of nitrogens with zero attached hydrogens (tertiary/aromatic N) is 1. The van der Waals surface area contributed by atoms with Crippen LogP contribution in [0.1, 0.15) is 19.3 Å². The Morgan fingerprint density at radius 2 is 2.38 bits per heavy atom. The molecule has 0 bridgehead atoms. The lowest BCUT2D eigenvalue weighted by Gasteiger charge is -2.08. The molecule has 1 aromatic heterocycles. The maximum Gasteiger partial charge on any atom is 0.227 e. The molecule has 1 amide bonds. The smallest absolute Gasteiger partial charge is 0.227 e. The number of ether oxygens (including phenoxy) is 1. The van der Waals surface area contributed by atoms with Crippen molar-refractivity contribution in [3.8, 4) is 17.0 Å². The summed E-state index contributed by atoms with van der Waals surface area (Å²) in [6.07, 6.45) is 2.68. The first kappa shape index (κ1) is 19.0. The van der Waals surface area contributed by atoms with Gasteiger partial charge in [-0.1, -0.05) is 11.6 Å². The molecule has 1 unspecified atom stereocenters. The van der Waals surface area contributed by atoms with E-state index in [1.54, 1.807) is 13.2 Å². The SMILES string of the molecule is COc1ccc(-c2csc(NC(=O)CC3CCCN3)n2)cc1Cl.Cl. The summed E-state index contributed by atoms with van der Waals surface area (Å²) in [5.74, 6) is 0.626. The van der Waals surface area contributed by atoms with Crippen LogP contribution >= 0.6 is 35.3 Å². The van der Waals surface area contributed by atoms with E-state index in [-0.39, 0.29) is 24.4 Å². The normalized spacial score (nSPS) is 16.5. The molecule has 2 aromatic rings. The fourth-order valence-electron chi connectivity index (χ4n) is 2.61. The van der Waals surface area contributed by atoms with Gasteiger partial charge in [-0.15, -0.1) is 23.7 Å². The number of hydrogen-bond acceptors (Lipinski definition) is 5. The van der Waals surface area contributed by atoms with Gasteiger partial charge in [-0.05, 0) is 37.6 Å². The fraction of sp³-hybridized carbons (Fsp3) is 0.375. The van der Waals surface area contributed by atoms with Crippen molar-refractivity contribution in [1.82, 2.24) is 10.3 Å². The molecule has 5 nitrogen and oxygen atoms in total. The third-order valence-electron chi connectivity index (χ3n) is 3.79. The van der Waals surface area contributed by atoms with Crippen molar-refractivity contribution in [1.29, 1.82) is 0 Å². The number of thiazole rings is 1. The van der Waals surface area contributed by atoms with Crippen LogP contribution in [0, 0.1) is 0 Å². The summed E-state index contributed by atoms with van der Waals surface area (Å²) in [6.45, 7) is 0.998. The van der Waals surface area contributed by atoms with Gasteiger partial charge < -0.3 is 15.4 Å². The molecule has 0 spiro atoms. The van der Waals surface area contributed by atoms with Crippen LogP contribution in [0.5, 0.6) is 5.75 Å². The average molecular weight is 388 g/mol. The highest BCUT2D eigenvalue weighted by atomic mass is 35.5.